The van der Waals surface area contributed by atoms with Crippen LogP contribution >= 0.6 is 0 Å². The molecule has 0 unspecified atom stereocenters. The zero-order chi connectivity index (χ0) is 16.1. The Balaban J connectivity index is 1.69. The normalized spacial score (nSPS) is 10.9. The summed E-state index contributed by atoms with van der Waals surface area (Å²) in [4.78, 5) is 6.54. The van der Waals surface area contributed by atoms with E-state index in [0.29, 0.717) is 0 Å². The number of hydrogen-bond acceptors (Lipinski definition) is 2. The van der Waals surface area contributed by atoms with Crippen LogP contribution in [0.5, 0.6) is 0 Å². The van der Waals surface area contributed by atoms with E-state index in [4.69, 9.17) is 0 Å². The standard InChI is InChI=1S/C21H22N2/c1-17-8-10-18(11-9-17)15-23(2)16-19-5-3-6-20(13-19)21-7-4-12-22-14-21/h3-14H,15-16H2,1-2H3. The van der Waals surface area contributed by atoms with Crippen molar-refractivity contribution in [2.24, 2.45) is 0 Å². The molecule has 0 aliphatic rings. The van der Waals surface area contributed by atoms with Crippen molar-refractivity contribution in [3.63, 3.8) is 0 Å². The van der Waals surface area contributed by atoms with Crippen molar-refractivity contribution < 1.29 is 0 Å². The summed E-state index contributed by atoms with van der Waals surface area (Å²) in [5.74, 6) is 0. The summed E-state index contributed by atoms with van der Waals surface area (Å²) in [6.07, 6.45) is 3.72. The summed E-state index contributed by atoms with van der Waals surface area (Å²) in [6, 6.07) is 21.5. The van der Waals surface area contributed by atoms with E-state index in [1.54, 1.807) is 0 Å². The summed E-state index contributed by atoms with van der Waals surface area (Å²) < 4.78 is 0. The van der Waals surface area contributed by atoms with Crippen molar-refractivity contribution in [3.8, 4) is 11.1 Å². The molecule has 3 rings (SSSR count). The Morgan fingerprint density at radius 3 is 2.30 bits per heavy atom. The molecule has 0 N–H and O–H groups in total. The van der Waals surface area contributed by atoms with Gasteiger partial charge in [-0.05, 0) is 48.4 Å². The second-order valence-corrected chi connectivity index (χ2v) is 6.10. The average molecular weight is 302 g/mol. The van der Waals surface area contributed by atoms with Crippen LogP contribution in [-0.4, -0.2) is 16.9 Å². The Bertz CT molecular complexity index is 748. The predicted octanol–water partition coefficient (Wildman–Crippen LogP) is 4.69. The van der Waals surface area contributed by atoms with Crippen molar-refractivity contribution in [3.05, 3.63) is 89.7 Å². The van der Waals surface area contributed by atoms with Gasteiger partial charge in [0.05, 0.1) is 0 Å². The Labute approximate surface area is 138 Å². The van der Waals surface area contributed by atoms with E-state index in [1.807, 2.05) is 18.5 Å². The van der Waals surface area contributed by atoms with E-state index in [9.17, 15) is 0 Å². The van der Waals surface area contributed by atoms with Gasteiger partial charge in [0, 0.05) is 25.5 Å². The fourth-order valence-corrected chi connectivity index (χ4v) is 2.76. The Kier molecular flexibility index (Phi) is 4.84. The van der Waals surface area contributed by atoms with Gasteiger partial charge in [-0.3, -0.25) is 9.88 Å². The van der Waals surface area contributed by atoms with Gasteiger partial charge >= 0.3 is 0 Å². The van der Waals surface area contributed by atoms with Crippen LogP contribution < -0.4 is 0 Å². The second kappa shape index (κ2) is 7.21. The Hall–Kier alpha value is -2.45. The molecule has 2 aromatic carbocycles. The van der Waals surface area contributed by atoms with Crippen LogP contribution in [0.3, 0.4) is 0 Å². The number of aromatic nitrogens is 1. The van der Waals surface area contributed by atoms with Gasteiger partial charge in [0.25, 0.3) is 0 Å². The summed E-state index contributed by atoms with van der Waals surface area (Å²) in [5, 5.41) is 0. The lowest BCUT2D eigenvalue weighted by atomic mass is 10.0. The maximum Gasteiger partial charge on any atom is 0.0346 e. The van der Waals surface area contributed by atoms with E-state index in [1.165, 1.54) is 22.3 Å². The van der Waals surface area contributed by atoms with Crippen molar-refractivity contribution in [2.45, 2.75) is 20.0 Å². The molecular weight excluding hydrogens is 280 g/mol. The van der Waals surface area contributed by atoms with Crippen molar-refractivity contribution >= 4 is 0 Å². The molecule has 0 aliphatic heterocycles. The van der Waals surface area contributed by atoms with Crippen LogP contribution in [-0.2, 0) is 13.1 Å². The summed E-state index contributed by atoms with van der Waals surface area (Å²) in [6.45, 7) is 4.01. The molecule has 0 saturated heterocycles. The van der Waals surface area contributed by atoms with E-state index in [0.717, 1.165) is 18.7 Å². The molecule has 2 nitrogen and oxygen atoms in total. The first kappa shape index (κ1) is 15.4. The smallest absolute Gasteiger partial charge is 0.0346 e. The third-order valence-electron chi connectivity index (χ3n) is 3.95. The van der Waals surface area contributed by atoms with Crippen LogP contribution in [0.4, 0.5) is 0 Å². The minimum Gasteiger partial charge on any atom is -0.298 e. The number of pyridine rings is 1. The van der Waals surface area contributed by atoms with E-state index in [-0.39, 0.29) is 0 Å². The molecule has 1 aromatic heterocycles. The molecule has 0 aliphatic carbocycles. The quantitative estimate of drug-likeness (QED) is 0.680. The van der Waals surface area contributed by atoms with Gasteiger partial charge in [-0.25, -0.2) is 0 Å². The zero-order valence-corrected chi connectivity index (χ0v) is 13.7. The monoisotopic (exact) mass is 302 g/mol. The molecule has 0 bridgehead atoms. The van der Waals surface area contributed by atoms with Gasteiger partial charge in [-0.15, -0.1) is 0 Å². The van der Waals surface area contributed by atoms with Gasteiger partial charge in [0.15, 0.2) is 0 Å². The molecule has 0 amide bonds. The first-order valence-electron chi connectivity index (χ1n) is 7.94. The predicted molar refractivity (Wildman–Crippen MR) is 96.0 cm³/mol. The third kappa shape index (κ3) is 4.27. The lowest BCUT2D eigenvalue weighted by Gasteiger charge is -2.17. The summed E-state index contributed by atoms with van der Waals surface area (Å²) in [5.41, 5.74) is 6.36. The number of benzene rings is 2. The summed E-state index contributed by atoms with van der Waals surface area (Å²) in [7, 11) is 2.16. The molecule has 0 saturated carbocycles. The first-order chi connectivity index (χ1) is 11.2. The lowest BCUT2D eigenvalue weighted by molar-refractivity contribution is 0.319. The molecule has 23 heavy (non-hydrogen) atoms. The van der Waals surface area contributed by atoms with Gasteiger partial charge in [0.1, 0.15) is 0 Å². The van der Waals surface area contributed by atoms with Crippen LogP contribution in [0.15, 0.2) is 73.1 Å². The number of nitrogens with zero attached hydrogens (tertiary/aromatic N) is 2. The Morgan fingerprint density at radius 1 is 0.826 bits per heavy atom. The molecule has 0 atom stereocenters. The van der Waals surface area contributed by atoms with E-state index < -0.39 is 0 Å². The van der Waals surface area contributed by atoms with Crippen LogP contribution in [0.1, 0.15) is 16.7 Å². The van der Waals surface area contributed by atoms with Crippen molar-refractivity contribution in [1.29, 1.82) is 0 Å². The van der Waals surface area contributed by atoms with Gasteiger partial charge < -0.3 is 0 Å². The molecule has 3 aromatic rings. The lowest BCUT2D eigenvalue weighted by Crippen LogP contribution is -2.17. The van der Waals surface area contributed by atoms with Crippen LogP contribution in [0.2, 0.25) is 0 Å². The van der Waals surface area contributed by atoms with Crippen molar-refractivity contribution in [2.75, 3.05) is 7.05 Å². The van der Waals surface area contributed by atoms with E-state index in [2.05, 4.69) is 78.5 Å². The number of hydrogen-bond donors (Lipinski definition) is 0. The van der Waals surface area contributed by atoms with Crippen LogP contribution in [0.25, 0.3) is 11.1 Å². The van der Waals surface area contributed by atoms with Gasteiger partial charge in [-0.2, -0.15) is 0 Å². The minimum atomic E-state index is 0.933. The fourth-order valence-electron chi connectivity index (χ4n) is 2.76. The molecule has 0 radical (unpaired) electrons. The maximum atomic E-state index is 4.20. The topological polar surface area (TPSA) is 16.1 Å². The number of rotatable bonds is 5. The highest BCUT2D eigenvalue weighted by Crippen LogP contribution is 2.20. The maximum absolute atomic E-state index is 4.20. The molecule has 0 fully saturated rings. The van der Waals surface area contributed by atoms with Crippen LogP contribution in [0, 0.1) is 6.92 Å². The zero-order valence-electron chi connectivity index (χ0n) is 13.7. The molecule has 1 heterocycles. The highest BCUT2D eigenvalue weighted by Gasteiger charge is 2.04. The van der Waals surface area contributed by atoms with E-state index >= 15 is 0 Å². The molecular formula is C21H22N2. The van der Waals surface area contributed by atoms with Gasteiger partial charge in [0.2, 0.25) is 0 Å². The highest BCUT2D eigenvalue weighted by molar-refractivity contribution is 5.62. The summed E-state index contributed by atoms with van der Waals surface area (Å²) >= 11 is 0. The number of aryl methyl sites for hydroxylation is 1. The second-order valence-electron chi connectivity index (χ2n) is 6.10. The minimum absolute atomic E-state index is 0.933. The fraction of sp³-hybridized carbons (Fsp3) is 0.190. The SMILES string of the molecule is Cc1ccc(CN(C)Cc2cccc(-c3cccnc3)c2)cc1. The van der Waals surface area contributed by atoms with Crippen molar-refractivity contribution in [1.82, 2.24) is 9.88 Å². The van der Waals surface area contributed by atoms with Gasteiger partial charge in [-0.1, -0.05) is 54.1 Å². The highest BCUT2D eigenvalue weighted by atomic mass is 15.1. The molecule has 0 spiro atoms. The largest absolute Gasteiger partial charge is 0.298 e. The molecule has 2 heteroatoms. The third-order valence-corrected chi connectivity index (χ3v) is 3.95. The average Bonchev–Trinajstić information content (AvgIpc) is 2.58. The molecule has 116 valence electrons. The Morgan fingerprint density at radius 2 is 1.57 bits per heavy atom. The first-order valence-corrected chi connectivity index (χ1v) is 7.94.